The Balaban J connectivity index is 1.03. The molecule has 3 aliphatic heterocycles. The number of nitrogens with zero attached hydrogens (tertiary/aromatic N) is 6. The molecular weight excluding hydrogens is 630 g/mol. The minimum absolute atomic E-state index is 0.00146. The molecule has 12 heteroatoms. The lowest BCUT2D eigenvalue weighted by molar-refractivity contribution is -0.133. The molecule has 3 fully saturated rings. The fraction of sp³-hybridized carbons (Fsp3) is 0.421. The number of nitrogens with two attached hydrogens (primary N) is 2. The van der Waals surface area contributed by atoms with Crippen molar-refractivity contribution >= 4 is 41.1 Å². The summed E-state index contributed by atoms with van der Waals surface area (Å²) >= 11 is 0. The molecule has 6 rings (SSSR count). The second kappa shape index (κ2) is 14.8. The number of hydrogen-bond donors (Lipinski definition) is 3. The van der Waals surface area contributed by atoms with E-state index in [1.54, 1.807) is 31.4 Å². The van der Waals surface area contributed by atoms with Gasteiger partial charge in [0.25, 0.3) is 0 Å². The zero-order valence-electron chi connectivity index (χ0n) is 29.1. The Bertz CT molecular complexity index is 1780. The minimum Gasteiger partial charge on any atom is -0.475 e. The molecule has 3 saturated heterocycles. The Labute approximate surface area is 293 Å². The van der Waals surface area contributed by atoms with E-state index in [2.05, 4.69) is 32.0 Å². The maximum absolute atomic E-state index is 14.0. The highest BCUT2D eigenvalue weighted by Gasteiger charge is 2.51. The van der Waals surface area contributed by atoms with E-state index in [-0.39, 0.29) is 23.6 Å². The first-order valence-electron chi connectivity index (χ1n) is 17.3. The summed E-state index contributed by atoms with van der Waals surface area (Å²) in [5.74, 6) is 1.52. The van der Waals surface area contributed by atoms with Crippen molar-refractivity contribution < 1.29 is 14.3 Å². The quantitative estimate of drug-likeness (QED) is 0.165. The van der Waals surface area contributed by atoms with Crippen molar-refractivity contribution in [1.82, 2.24) is 14.8 Å². The van der Waals surface area contributed by atoms with Crippen LogP contribution in [0.2, 0.25) is 0 Å². The molecule has 1 spiro atoms. The molecule has 4 heterocycles. The third kappa shape index (κ3) is 7.40. The van der Waals surface area contributed by atoms with Gasteiger partial charge in [-0.1, -0.05) is 24.3 Å². The second-order valence-corrected chi connectivity index (χ2v) is 13.8. The Hall–Kier alpha value is -5.10. The normalized spacial score (nSPS) is 20.5. The number of carbonyl (C=O) groups is 2. The molecule has 0 bridgehead atoms. The predicted molar refractivity (Wildman–Crippen MR) is 197 cm³/mol. The highest BCUT2D eigenvalue weighted by molar-refractivity contribution is 6.14. The van der Waals surface area contributed by atoms with Gasteiger partial charge in [0.15, 0.2) is 0 Å². The number of carbonyl (C=O) groups excluding carboxylic acids is 2. The molecule has 3 aliphatic rings. The predicted octanol–water partition coefficient (Wildman–Crippen LogP) is 4.07. The van der Waals surface area contributed by atoms with Gasteiger partial charge < -0.3 is 26.0 Å². The van der Waals surface area contributed by atoms with E-state index in [9.17, 15) is 9.59 Å². The first-order chi connectivity index (χ1) is 24.1. The summed E-state index contributed by atoms with van der Waals surface area (Å²) in [5, 5.41) is 8.85. The van der Waals surface area contributed by atoms with Crippen LogP contribution in [0.4, 0.5) is 11.4 Å². The van der Waals surface area contributed by atoms with E-state index in [0.29, 0.717) is 73.7 Å². The summed E-state index contributed by atoms with van der Waals surface area (Å²) in [6, 6.07) is 17.2. The van der Waals surface area contributed by atoms with E-state index in [1.807, 2.05) is 47.9 Å². The molecular formula is C38H47N9O3. The van der Waals surface area contributed by atoms with Gasteiger partial charge in [0.05, 0.1) is 23.8 Å². The highest BCUT2D eigenvalue weighted by Crippen LogP contribution is 2.43. The number of aliphatic imine (C=N–C) groups is 2. The first kappa shape index (κ1) is 34.8. The maximum Gasteiger partial charge on any atom is 0.236 e. The van der Waals surface area contributed by atoms with Crippen LogP contribution in [-0.2, 0) is 9.59 Å². The number of nitrogen functional groups attached to an aromatic ring is 1. The minimum atomic E-state index is -0.512. The number of aromatic nitrogens is 1. The van der Waals surface area contributed by atoms with Crippen molar-refractivity contribution in [2.45, 2.75) is 51.6 Å². The lowest BCUT2D eigenvalue weighted by atomic mass is 9.85. The number of pyridine rings is 1. The summed E-state index contributed by atoms with van der Waals surface area (Å²) in [6.07, 6.45) is 6.31. The summed E-state index contributed by atoms with van der Waals surface area (Å²) in [4.78, 5) is 45.6. The average Bonchev–Trinajstić information content (AvgIpc) is 3.68. The molecule has 0 unspecified atom stereocenters. The average molecular weight is 678 g/mol. The largest absolute Gasteiger partial charge is 0.475 e. The number of hydrogen-bond acceptors (Lipinski definition) is 8. The molecule has 2 amide bonds. The van der Waals surface area contributed by atoms with Crippen molar-refractivity contribution in [1.29, 1.82) is 5.41 Å². The van der Waals surface area contributed by atoms with Gasteiger partial charge in [-0.15, -0.1) is 0 Å². The zero-order valence-corrected chi connectivity index (χ0v) is 29.1. The molecule has 50 heavy (non-hydrogen) atoms. The van der Waals surface area contributed by atoms with Gasteiger partial charge in [-0.3, -0.25) is 24.9 Å². The van der Waals surface area contributed by atoms with E-state index in [0.717, 1.165) is 36.9 Å². The van der Waals surface area contributed by atoms with Crippen LogP contribution in [0.15, 0.2) is 70.8 Å². The third-order valence-electron chi connectivity index (χ3n) is 10.1. The van der Waals surface area contributed by atoms with Crippen molar-refractivity contribution in [2.24, 2.45) is 21.1 Å². The molecule has 1 atom stereocenters. The molecule has 2 aromatic carbocycles. The van der Waals surface area contributed by atoms with Crippen LogP contribution < -0.4 is 21.1 Å². The van der Waals surface area contributed by atoms with E-state index in [1.165, 1.54) is 11.9 Å². The number of likely N-dealkylation sites (tertiary alicyclic amines) is 2. The van der Waals surface area contributed by atoms with Gasteiger partial charge in [0.2, 0.25) is 17.7 Å². The number of amides is 2. The second-order valence-electron chi connectivity index (χ2n) is 13.8. The number of nitrogens with one attached hydrogen (secondary N) is 1. The number of rotatable bonds is 10. The van der Waals surface area contributed by atoms with E-state index in [4.69, 9.17) is 21.6 Å². The van der Waals surface area contributed by atoms with Gasteiger partial charge in [-0.05, 0) is 81.8 Å². The summed E-state index contributed by atoms with van der Waals surface area (Å²) in [6.45, 7) is 7.49. The molecule has 5 N–H and O–H groups in total. The van der Waals surface area contributed by atoms with Gasteiger partial charge >= 0.3 is 0 Å². The standard InChI is InChI=1S/C38H47N9O3/c1-25(2)50-33-11-8-29(21-43-33)35(40)31-20-30(9-10-32(31)39)47-19-15-38(37(47)49)14-18-45(23-38)22-34(48)46-16-12-27(13-17-46)26-4-6-28(7-5-26)36(41)44-24-42-3/h4-11,20-21,24-25,27,40H,12-19,22-23,39H2,1-3H3,(H2,41,42,44)/t38-/m0/s1. The lowest BCUT2D eigenvalue weighted by Gasteiger charge is -2.33. The van der Waals surface area contributed by atoms with Crippen molar-refractivity contribution in [3.8, 4) is 5.88 Å². The number of anilines is 2. The molecule has 0 radical (unpaired) electrons. The van der Waals surface area contributed by atoms with Gasteiger partial charge in [-0.2, -0.15) is 0 Å². The lowest BCUT2D eigenvalue weighted by Crippen LogP contribution is -2.44. The van der Waals surface area contributed by atoms with Crippen LogP contribution >= 0.6 is 0 Å². The van der Waals surface area contributed by atoms with Gasteiger partial charge in [0.1, 0.15) is 12.2 Å². The van der Waals surface area contributed by atoms with Gasteiger partial charge in [0, 0.05) is 73.6 Å². The highest BCUT2D eigenvalue weighted by atomic mass is 16.5. The van der Waals surface area contributed by atoms with Crippen LogP contribution in [0.5, 0.6) is 5.88 Å². The van der Waals surface area contributed by atoms with Gasteiger partial charge in [-0.25, -0.2) is 9.98 Å². The maximum atomic E-state index is 14.0. The zero-order chi connectivity index (χ0) is 35.4. The number of ether oxygens (including phenoxy) is 1. The number of benzene rings is 2. The van der Waals surface area contributed by atoms with Crippen LogP contribution in [0.25, 0.3) is 0 Å². The SMILES string of the molecule is CN=CN=C(N)c1ccc(C2CCN(C(=O)CN3CC[C@]4(CCN(c5ccc(N)c(C(=N)c6ccc(OC(C)C)nc6)c5)C4=O)C3)CC2)cc1. The Kier molecular flexibility index (Phi) is 10.3. The van der Waals surface area contributed by atoms with Crippen LogP contribution in [0.3, 0.4) is 0 Å². The Morgan fingerprint density at radius 2 is 1.78 bits per heavy atom. The van der Waals surface area contributed by atoms with E-state index < -0.39 is 5.41 Å². The number of piperidine rings is 1. The monoisotopic (exact) mass is 677 g/mol. The molecule has 3 aromatic rings. The molecule has 262 valence electrons. The van der Waals surface area contributed by atoms with E-state index >= 15 is 0 Å². The third-order valence-corrected chi connectivity index (χ3v) is 10.1. The van der Waals surface area contributed by atoms with Crippen LogP contribution in [0.1, 0.15) is 67.7 Å². The summed E-state index contributed by atoms with van der Waals surface area (Å²) in [7, 11) is 1.65. The van der Waals surface area contributed by atoms with Crippen LogP contribution in [-0.4, -0.2) is 96.9 Å². The topological polar surface area (TPSA) is 167 Å². The fourth-order valence-corrected chi connectivity index (χ4v) is 7.34. The summed E-state index contributed by atoms with van der Waals surface area (Å²) < 4.78 is 5.63. The molecule has 12 nitrogen and oxygen atoms in total. The Morgan fingerprint density at radius 3 is 2.46 bits per heavy atom. The van der Waals surface area contributed by atoms with Crippen molar-refractivity contribution in [3.63, 3.8) is 0 Å². The van der Waals surface area contributed by atoms with Crippen molar-refractivity contribution in [2.75, 3.05) is 56.9 Å². The molecule has 0 saturated carbocycles. The number of amidine groups is 1. The van der Waals surface area contributed by atoms with Crippen molar-refractivity contribution in [3.05, 3.63) is 83.0 Å². The molecule has 0 aliphatic carbocycles. The summed E-state index contributed by atoms with van der Waals surface area (Å²) in [5.41, 5.74) is 16.5. The first-order valence-corrected chi connectivity index (χ1v) is 17.3. The smallest absolute Gasteiger partial charge is 0.236 e. The molecule has 1 aromatic heterocycles. The van der Waals surface area contributed by atoms with Crippen LogP contribution in [0, 0.1) is 10.8 Å². The Morgan fingerprint density at radius 1 is 1.06 bits per heavy atom. The fourth-order valence-electron chi connectivity index (χ4n) is 7.34.